The SMILES string of the molecule is CCCC1(CNc2snc(N)c2-c2ccccc2)CC1. The summed E-state index contributed by atoms with van der Waals surface area (Å²) in [5, 5.41) is 4.70. The third kappa shape index (κ3) is 2.66. The molecule has 3 rings (SSSR count). The van der Waals surface area contributed by atoms with E-state index in [0.29, 0.717) is 11.2 Å². The van der Waals surface area contributed by atoms with Crippen molar-refractivity contribution in [3.63, 3.8) is 0 Å². The summed E-state index contributed by atoms with van der Waals surface area (Å²) in [6, 6.07) is 10.3. The van der Waals surface area contributed by atoms with Gasteiger partial charge < -0.3 is 11.1 Å². The molecule has 0 bridgehead atoms. The van der Waals surface area contributed by atoms with Crippen LogP contribution in [-0.4, -0.2) is 10.9 Å². The van der Waals surface area contributed by atoms with Crippen LogP contribution in [0.5, 0.6) is 0 Å². The van der Waals surface area contributed by atoms with E-state index in [4.69, 9.17) is 5.73 Å². The van der Waals surface area contributed by atoms with Gasteiger partial charge in [0.15, 0.2) is 0 Å². The molecule has 3 nitrogen and oxygen atoms in total. The molecule has 20 heavy (non-hydrogen) atoms. The van der Waals surface area contributed by atoms with Crippen LogP contribution in [0, 0.1) is 5.41 Å². The smallest absolute Gasteiger partial charge is 0.147 e. The Morgan fingerprint density at radius 2 is 2.05 bits per heavy atom. The van der Waals surface area contributed by atoms with Crippen LogP contribution in [0.15, 0.2) is 30.3 Å². The number of benzene rings is 1. The van der Waals surface area contributed by atoms with Crippen LogP contribution in [0.2, 0.25) is 0 Å². The Morgan fingerprint density at radius 3 is 2.70 bits per heavy atom. The van der Waals surface area contributed by atoms with Crippen molar-refractivity contribution in [3.05, 3.63) is 30.3 Å². The molecule has 106 valence electrons. The topological polar surface area (TPSA) is 50.9 Å². The summed E-state index contributed by atoms with van der Waals surface area (Å²) in [6.07, 6.45) is 5.28. The van der Waals surface area contributed by atoms with Gasteiger partial charge in [0.05, 0.1) is 5.56 Å². The predicted octanol–water partition coefficient (Wildman–Crippen LogP) is 4.38. The summed E-state index contributed by atoms with van der Waals surface area (Å²) >= 11 is 1.47. The van der Waals surface area contributed by atoms with Gasteiger partial charge in [-0.15, -0.1) is 0 Å². The van der Waals surface area contributed by atoms with Gasteiger partial charge in [-0.25, -0.2) is 0 Å². The van der Waals surface area contributed by atoms with E-state index in [-0.39, 0.29) is 0 Å². The summed E-state index contributed by atoms with van der Waals surface area (Å²) in [6.45, 7) is 3.31. The third-order valence-corrected chi connectivity index (χ3v) is 4.96. The fraction of sp³-hybridized carbons (Fsp3) is 0.438. The number of aromatic nitrogens is 1. The second-order valence-corrected chi connectivity index (χ2v) is 6.51. The molecule has 1 saturated carbocycles. The Labute approximate surface area is 124 Å². The van der Waals surface area contributed by atoms with E-state index in [1.165, 1.54) is 37.2 Å². The maximum atomic E-state index is 6.05. The summed E-state index contributed by atoms with van der Waals surface area (Å²) in [4.78, 5) is 0. The molecule has 0 saturated heterocycles. The zero-order valence-corrected chi connectivity index (χ0v) is 12.7. The standard InChI is InChI=1S/C16H21N3S/c1-2-8-16(9-10-16)11-18-15-13(14(17)19-20-15)12-6-4-3-5-7-12/h3-7,18H,2,8-11H2,1H3,(H2,17,19). The number of nitrogens with zero attached hydrogens (tertiary/aromatic N) is 1. The van der Waals surface area contributed by atoms with E-state index in [9.17, 15) is 0 Å². The molecule has 4 heteroatoms. The predicted molar refractivity (Wildman–Crippen MR) is 87.0 cm³/mol. The van der Waals surface area contributed by atoms with Crippen LogP contribution >= 0.6 is 11.5 Å². The number of anilines is 2. The molecule has 0 spiro atoms. The molecular weight excluding hydrogens is 266 g/mol. The normalized spacial score (nSPS) is 16.1. The molecule has 0 radical (unpaired) electrons. The van der Waals surface area contributed by atoms with Crippen molar-refractivity contribution in [2.24, 2.45) is 5.41 Å². The average Bonchev–Trinajstić information content (AvgIpc) is 3.13. The summed E-state index contributed by atoms with van der Waals surface area (Å²) in [5.41, 5.74) is 8.77. The Kier molecular flexibility index (Phi) is 3.66. The molecule has 2 aromatic rings. The van der Waals surface area contributed by atoms with E-state index in [0.717, 1.165) is 22.7 Å². The first-order chi connectivity index (χ1) is 9.74. The van der Waals surface area contributed by atoms with Crippen molar-refractivity contribution in [3.8, 4) is 11.1 Å². The second kappa shape index (κ2) is 5.44. The van der Waals surface area contributed by atoms with Gasteiger partial charge in [-0.2, -0.15) is 4.37 Å². The number of hydrogen-bond donors (Lipinski definition) is 2. The minimum atomic E-state index is 0.529. The van der Waals surface area contributed by atoms with Gasteiger partial charge in [-0.3, -0.25) is 0 Å². The summed E-state index contributed by atoms with van der Waals surface area (Å²) < 4.78 is 4.32. The highest BCUT2D eigenvalue weighted by Crippen LogP contribution is 2.50. The molecular formula is C16H21N3S. The van der Waals surface area contributed by atoms with Gasteiger partial charge in [0.2, 0.25) is 0 Å². The Balaban J connectivity index is 1.78. The first-order valence-corrected chi connectivity index (χ1v) is 8.06. The van der Waals surface area contributed by atoms with Crippen LogP contribution in [0.1, 0.15) is 32.6 Å². The number of nitrogens with two attached hydrogens (primary N) is 1. The highest BCUT2D eigenvalue weighted by molar-refractivity contribution is 7.11. The molecule has 1 aliphatic carbocycles. The lowest BCUT2D eigenvalue weighted by Gasteiger charge is -2.15. The Hall–Kier alpha value is -1.55. The van der Waals surface area contributed by atoms with E-state index in [2.05, 4.69) is 28.7 Å². The molecule has 1 heterocycles. The number of hydrogen-bond acceptors (Lipinski definition) is 4. The van der Waals surface area contributed by atoms with Crippen LogP contribution in [0.25, 0.3) is 11.1 Å². The monoisotopic (exact) mass is 287 g/mol. The zero-order valence-electron chi connectivity index (χ0n) is 11.9. The van der Waals surface area contributed by atoms with Crippen LogP contribution in [0.4, 0.5) is 10.8 Å². The average molecular weight is 287 g/mol. The first kappa shape index (κ1) is 13.4. The largest absolute Gasteiger partial charge is 0.382 e. The van der Waals surface area contributed by atoms with E-state index in [1.54, 1.807) is 0 Å². The lowest BCUT2D eigenvalue weighted by atomic mass is 10.0. The van der Waals surface area contributed by atoms with Crippen LogP contribution in [-0.2, 0) is 0 Å². The molecule has 1 aromatic heterocycles. The summed E-state index contributed by atoms with van der Waals surface area (Å²) in [7, 11) is 0. The van der Waals surface area contributed by atoms with Gasteiger partial charge >= 0.3 is 0 Å². The van der Waals surface area contributed by atoms with Crippen LogP contribution in [0.3, 0.4) is 0 Å². The molecule has 1 fully saturated rings. The lowest BCUT2D eigenvalue weighted by molar-refractivity contribution is 0.486. The highest BCUT2D eigenvalue weighted by Gasteiger charge is 2.41. The zero-order chi connectivity index (χ0) is 14.0. The van der Waals surface area contributed by atoms with Crippen molar-refractivity contribution in [1.29, 1.82) is 0 Å². The van der Waals surface area contributed by atoms with Crippen LogP contribution < -0.4 is 11.1 Å². The minimum absolute atomic E-state index is 0.529. The van der Waals surface area contributed by atoms with Gasteiger partial charge in [0.25, 0.3) is 0 Å². The number of nitrogens with one attached hydrogen (secondary N) is 1. The quantitative estimate of drug-likeness (QED) is 0.828. The van der Waals surface area contributed by atoms with Gasteiger partial charge in [0.1, 0.15) is 10.8 Å². The first-order valence-electron chi connectivity index (χ1n) is 7.28. The Morgan fingerprint density at radius 1 is 1.30 bits per heavy atom. The van der Waals surface area contributed by atoms with Gasteiger partial charge in [-0.1, -0.05) is 43.7 Å². The lowest BCUT2D eigenvalue weighted by Crippen LogP contribution is -2.14. The fourth-order valence-electron chi connectivity index (χ4n) is 2.80. The highest BCUT2D eigenvalue weighted by atomic mass is 32.1. The van der Waals surface area contributed by atoms with Gasteiger partial charge in [0, 0.05) is 6.54 Å². The molecule has 1 aromatic carbocycles. The molecule has 0 amide bonds. The van der Waals surface area contributed by atoms with E-state index in [1.807, 2.05) is 18.2 Å². The molecule has 0 aliphatic heterocycles. The van der Waals surface area contributed by atoms with Crippen molar-refractivity contribution >= 4 is 22.4 Å². The van der Waals surface area contributed by atoms with Crippen molar-refractivity contribution in [2.75, 3.05) is 17.6 Å². The Bertz CT molecular complexity index is 573. The maximum Gasteiger partial charge on any atom is 0.147 e. The molecule has 0 unspecified atom stereocenters. The fourth-order valence-corrected chi connectivity index (χ4v) is 3.53. The second-order valence-electron chi connectivity index (χ2n) is 5.74. The molecule has 1 aliphatic rings. The maximum absolute atomic E-state index is 6.05. The van der Waals surface area contributed by atoms with E-state index >= 15 is 0 Å². The van der Waals surface area contributed by atoms with E-state index < -0.39 is 0 Å². The molecule has 3 N–H and O–H groups in total. The number of nitrogen functional groups attached to an aromatic ring is 1. The van der Waals surface area contributed by atoms with Crippen molar-refractivity contribution in [1.82, 2.24) is 4.37 Å². The minimum Gasteiger partial charge on any atom is -0.382 e. The number of rotatable bonds is 6. The summed E-state index contributed by atoms with van der Waals surface area (Å²) in [5.74, 6) is 0.629. The molecule has 0 atom stereocenters. The van der Waals surface area contributed by atoms with Gasteiger partial charge in [-0.05, 0) is 41.8 Å². The van der Waals surface area contributed by atoms with Crippen molar-refractivity contribution in [2.45, 2.75) is 32.6 Å². The third-order valence-electron chi connectivity index (χ3n) is 4.14. The van der Waals surface area contributed by atoms with Crippen molar-refractivity contribution < 1.29 is 0 Å².